The highest BCUT2D eigenvalue weighted by Crippen LogP contribution is 2.25. The van der Waals surface area contributed by atoms with E-state index < -0.39 is 0 Å². The summed E-state index contributed by atoms with van der Waals surface area (Å²) in [5.74, 6) is 0.597. The van der Waals surface area contributed by atoms with Gasteiger partial charge in [0.25, 0.3) is 5.91 Å². The van der Waals surface area contributed by atoms with Gasteiger partial charge in [-0.1, -0.05) is 12.5 Å². The topological polar surface area (TPSA) is 84.7 Å². The summed E-state index contributed by atoms with van der Waals surface area (Å²) < 4.78 is 5.60. The highest BCUT2D eigenvalue weighted by atomic mass is 35.5. The molecule has 2 amide bonds. The first-order valence-electron chi connectivity index (χ1n) is 9.19. The van der Waals surface area contributed by atoms with Crippen LogP contribution in [0, 0.1) is 5.92 Å². The fraction of sp³-hybridized carbons (Fsp3) is 0.579. The maximum absolute atomic E-state index is 12.4. The van der Waals surface area contributed by atoms with E-state index in [-0.39, 0.29) is 42.8 Å². The van der Waals surface area contributed by atoms with E-state index in [1.54, 1.807) is 12.1 Å². The number of halogens is 1. The summed E-state index contributed by atoms with van der Waals surface area (Å²) in [6, 6.07) is 7.32. The zero-order chi connectivity index (χ0) is 17.6. The SMILES string of the molecule is Cl.NC1CCCC(C(=O)Nc2cccc(OCC(=O)N3CCCC3)c2)C1. The van der Waals surface area contributed by atoms with Gasteiger partial charge in [-0.2, -0.15) is 0 Å². The Morgan fingerprint density at radius 2 is 1.96 bits per heavy atom. The predicted octanol–water partition coefficient (Wildman–Crippen LogP) is 2.57. The van der Waals surface area contributed by atoms with Gasteiger partial charge in [0.05, 0.1) is 0 Å². The van der Waals surface area contributed by atoms with Crippen molar-refractivity contribution >= 4 is 29.9 Å². The second-order valence-electron chi connectivity index (χ2n) is 7.02. The number of amides is 2. The fourth-order valence-electron chi connectivity index (χ4n) is 3.58. The Morgan fingerprint density at radius 1 is 1.19 bits per heavy atom. The van der Waals surface area contributed by atoms with Crippen LogP contribution in [-0.4, -0.2) is 42.5 Å². The lowest BCUT2D eigenvalue weighted by Crippen LogP contribution is -2.34. The van der Waals surface area contributed by atoms with Crippen molar-refractivity contribution in [2.45, 2.75) is 44.6 Å². The molecular weight excluding hydrogens is 354 g/mol. The van der Waals surface area contributed by atoms with Crippen LogP contribution in [0.25, 0.3) is 0 Å². The number of anilines is 1. The van der Waals surface area contributed by atoms with Gasteiger partial charge in [-0.15, -0.1) is 12.4 Å². The van der Waals surface area contributed by atoms with Crippen LogP contribution in [0.2, 0.25) is 0 Å². The van der Waals surface area contributed by atoms with Crippen molar-refractivity contribution in [3.63, 3.8) is 0 Å². The van der Waals surface area contributed by atoms with Crippen molar-refractivity contribution in [1.82, 2.24) is 4.90 Å². The number of hydrogen-bond acceptors (Lipinski definition) is 4. The lowest BCUT2D eigenvalue weighted by atomic mass is 9.85. The zero-order valence-electron chi connectivity index (χ0n) is 15.0. The molecule has 0 spiro atoms. The molecule has 1 aromatic rings. The molecule has 3 rings (SSSR count). The number of carbonyl (C=O) groups excluding carboxylic acids is 2. The van der Waals surface area contributed by atoms with E-state index >= 15 is 0 Å². The summed E-state index contributed by atoms with van der Waals surface area (Å²) in [5.41, 5.74) is 6.65. The fourth-order valence-corrected chi connectivity index (χ4v) is 3.58. The Hall–Kier alpha value is -1.79. The number of likely N-dealkylation sites (tertiary alicyclic amines) is 1. The average Bonchev–Trinajstić information content (AvgIpc) is 3.15. The Kier molecular flexibility index (Phi) is 7.72. The van der Waals surface area contributed by atoms with Crippen molar-refractivity contribution in [1.29, 1.82) is 0 Å². The highest BCUT2D eigenvalue weighted by Gasteiger charge is 2.25. The van der Waals surface area contributed by atoms with E-state index in [0.717, 1.165) is 51.6 Å². The van der Waals surface area contributed by atoms with Crippen LogP contribution in [0.15, 0.2) is 24.3 Å². The standard InChI is InChI=1S/C19H27N3O3.ClH/c20-15-6-3-5-14(11-15)19(24)21-16-7-4-8-17(12-16)25-13-18(23)22-9-1-2-10-22;/h4,7-8,12,14-15H,1-3,5-6,9-11,13,20H2,(H,21,24);1H. The summed E-state index contributed by atoms with van der Waals surface area (Å²) in [4.78, 5) is 26.3. The molecule has 0 bridgehead atoms. The molecule has 3 N–H and O–H groups in total. The molecule has 2 fully saturated rings. The van der Waals surface area contributed by atoms with Gasteiger partial charge >= 0.3 is 0 Å². The van der Waals surface area contributed by atoms with Gasteiger partial charge in [0.1, 0.15) is 5.75 Å². The van der Waals surface area contributed by atoms with Crippen molar-refractivity contribution in [2.75, 3.05) is 25.0 Å². The van der Waals surface area contributed by atoms with Crippen LogP contribution in [0.5, 0.6) is 5.75 Å². The lowest BCUT2D eigenvalue weighted by Gasteiger charge is -2.25. The second kappa shape index (κ2) is 9.78. The third-order valence-electron chi connectivity index (χ3n) is 5.01. The molecule has 2 aliphatic rings. The van der Waals surface area contributed by atoms with Gasteiger partial charge in [-0.3, -0.25) is 9.59 Å². The van der Waals surface area contributed by atoms with Gasteiger partial charge in [-0.05, 0) is 44.2 Å². The molecule has 26 heavy (non-hydrogen) atoms. The van der Waals surface area contributed by atoms with Crippen LogP contribution < -0.4 is 15.8 Å². The number of ether oxygens (including phenoxy) is 1. The molecule has 1 aromatic carbocycles. The van der Waals surface area contributed by atoms with Crippen LogP contribution in [-0.2, 0) is 9.59 Å². The van der Waals surface area contributed by atoms with Gasteiger partial charge in [0.15, 0.2) is 6.61 Å². The van der Waals surface area contributed by atoms with Crippen LogP contribution in [0.4, 0.5) is 5.69 Å². The maximum atomic E-state index is 12.4. The molecule has 1 saturated carbocycles. The van der Waals surface area contributed by atoms with E-state index in [9.17, 15) is 9.59 Å². The van der Waals surface area contributed by atoms with Crippen LogP contribution >= 0.6 is 12.4 Å². The minimum Gasteiger partial charge on any atom is -0.484 e. The number of nitrogens with two attached hydrogens (primary N) is 1. The number of carbonyl (C=O) groups is 2. The third kappa shape index (κ3) is 5.61. The molecule has 1 aliphatic carbocycles. The number of hydrogen-bond donors (Lipinski definition) is 2. The minimum absolute atomic E-state index is 0. The lowest BCUT2D eigenvalue weighted by molar-refractivity contribution is -0.132. The minimum atomic E-state index is -0.0231. The Balaban J connectivity index is 0.00000243. The molecule has 0 radical (unpaired) electrons. The van der Waals surface area contributed by atoms with Gasteiger partial charge < -0.3 is 20.7 Å². The van der Waals surface area contributed by atoms with E-state index in [4.69, 9.17) is 10.5 Å². The normalized spacial score (nSPS) is 22.4. The second-order valence-corrected chi connectivity index (χ2v) is 7.02. The van der Waals surface area contributed by atoms with E-state index in [2.05, 4.69) is 5.32 Å². The quantitative estimate of drug-likeness (QED) is 0.820. The smallest absolute Gasteiger partial charge is 0.260 e. The highest BCUT2D eigenvalue weighted by molar-refractivity contribution is 5.92. The molecule has 1 heterocycles. The molecule has 2 unspecified atom stereocenters. The summed E-state index contributed by atoms with van der Waals surface area (Å²) in [7, 11) is 0. The Labute approximate surface area is 160 Å². The molecule has 0 aromatic heterocycles. The monoisotopic (exact) mass is 381 g/mol. The van der Waals surface area contributed by atoms with Crippen molar-refractivity contribution in [3.05, 3.63) is 24.3 Å². The van der Waals surface area contributed by atoms with E-state index in [0.29, 0.717) is 11.4 Å². The summed E-state index contributed by atoms with van der Waals surface area (Å²) in [5, 5.41) is 2.95. The summed E-state index contributed by atoms with van der Waals surface area (Å²) >= 11 is 0. The largest absolute Gasteiger partial charge is 0.484 e. The maximum Gasteiger partial charge on any atom is 0.260 e. The Bertz CT molecular complexity index is 620. The molecular formula is C19H28ClN3O3. The van der Waals surface area contributed by atoms with Gasteiger partial charge in [0, 0.05) is 36.8 Å². The number of nitrogens with one attached hydrogen (secondary N) is 1. The first kappa shape index (κ1) is 20.5. The molecule has 7 heteroatoms. The Morgan fingerprint density at radius 3 is 2.69 bits per heavy atom. The molecule has 1 saturated heterocycles. The predicted molar refractivity (Wildman–Crippen MR) is 104 cm³/mol. The van der Waals surface area contributed by atoms with Crippen LogP contribution in [0.3, 0.4) is 0 Å². The molecule has 1 aliphatic heterocycles. The van der Waals surface area contributed by atoms with Crippen molar-refractivity contribution in [3.8, 4) is 5.75 Å². The first-order valence-corrected chi connectivity index (χ1v) is 9.19. The van der Waals surface area contributed by atoms with E-state index in [1.165, 1.54) is 0 Å². The van der Waals surface area contributed by atoms with Gasteiger partial charge in [-0.25, -0.2) is 0 Å². The molecule has 2 atom stereocenters. The van der Waals surface area contributed by atoms with E-state index in [1.807, 2.05) is 17.0 Å². The van der Waals surface area contributed by atoms with Gasteiger partial charge in [0.2, 0.25) is 5.91 Å². The summed E-state index contributed by atoms with van der Waals surface area (Å²) in [6.45, 7) is 1.68. The third-order valence-corrected chi connectivity index (χ3v) is 5.01. The molecule has 144 valence electrons. The van der Waals surface area contributed by atoms with Crippen LogP contribution in [0.1, 0.15) is 38.5 Å². The number of rotatable bonds is 5. The summed E-state index contributed by atoms with van der Waals surface area (Å²) in [6.07, 6.45) is 5.77. The number of benzene rings is 1. The molecule has 6 nitrogen and oxygen atoms in total. The first-order chi connectivity index (χ1) is 12.1. The number of nitrogens with zero attached hydrogens (tertiary/aromatic N) is 1. The average molecular weight is 382 g/mol. The van der Waals surface area contributed by atoms with Crippen molar-refractivity contribution in [2.24, 2.45) is 11.7 Å². The van der Waals surface area contributed by atoms with Crippen molar-refractivity contribution < 1.29 is 14.3 Å². The zero-order valence-corrected chi connectivity index (χ0v) is 15.8.